The lowest BCUT2D eigenvalue weighted by Crippen LogP contribution is -1.99. The highest BCUT2D eigenvalue weighted by molar-refractivity contribution is 9.10. The van der Waals surface area contributed by atoms with E-state index in [0.717, 1.165) is 27.0 Å². The Balaban J connectivity index is 1.80. The Morgan fingerprint density at radius 2 is 1.78 bits per heavy atom. The summed E-state index contributed by atoms with van der Waals surface area (Å²) in [6.07, 6.45) is 1.68. The minimum atomic E-state index is 0.615. The molecule has 1 heterocycles. The Hall–Kier alpha value is -2.93. The van der Waals surface area contributed by atoms with Crippen LogP contribution in [0.15, 0.2) is 58.1 Å². The van der Waals surface area contributed by atoms with Gasteiger partial charge in [-0.2, -0.15) is 5.10 Å². The summed E-state index contributed by atoms with van der Waals surface area (Å²) in [7, 11) is 3.22. The van der Waals surface area contributed by atoms with Crippen LogP contribution in [0.5, 0.6) is 11.5 Å². The van der Waals surface area contributed by atoms with Crippen molar-refractivity contribution in [3.05, 3.63) is 64.3 Å². The molecule has 2 aromatic carbocycles. The number of methoxy groups -OCH3 is 2. The van der Waals surface area contributed by atoms with Gasteiger partial charge in [0.1, 0.15) is 11.5 Å². The Kier molecular flexibility index (Phi) is 6.03. The summed E-state index contributed by atoms with van der Waals surface area (Å²) in [5.41, 5.74) is 5.57. The van der Waals surface area contributed by atoms with E-state index >= 15 is 0 Å². The number of ether oxygens (including phenoxy) is 2. The van der Waals surface area contributed by atoms with Crippen LogP contribution in [-0.2, 0) is 0 Å². The zero-order chi connectivity index (χ0) is 19.2. The summed E-state index contributed by atoms with van der Waals surface area (Å²) >= 11 is 3.43. The maximum Gasteiger partial charge on any atom is 0.161 e. The molecule has 7 heteroatoms. The van der Waals surface area contributed by atoms with Crippen molar-refractivity contribution in [3.63, 3.8) is 0 Å². The summed E-state index contributed by atoms with van der Waals surface area (Å²) in [6, 6.07) is 15.2. The van der Waals surface area contributed by atoms with E-state index < -0.39 is 0 Å². The standard InChI is InChI=1S/C20H19BrN4O2/c1-13-10-19(24-20(23-13)14-4-7-16(21)8-5-14)25-22-12-15-6-9-17(26-2)11-18(15)27-3/h4-12H,1-3H3,(H,23,24,25). The van der Waals surface area contributed by atoms with Gasteiger partial charge in [-0.25, -0.2) is 9.97 Å². The fourth-order valence-electron chi connectivity index (χ4n) is 2.45. The predicted octanol–water partition coefficient (Wildman–Crippen LogP) is 4.68. The number of nitrogens with zero attached hydrogens (tertiary/aromatic N) is 3. The van der Waals surface area contributed by atoms with Gasteiger partial charge in [0.25, 0.3) is 0 Å². The molecule has 0 unspecified atom stereocenters. The number of hydrazone groups is 1. The second-order valence-corrected chi connectivity index (χ2v) is 6.62. The topological polar surface area (TPSA) is 68.6 Å². The lowest BCUT2D eigenvalue weighted by molar-refractivity contribution is 0.394. The van der Waals surface area contributed by atoms with Crippen molar-refractivity contribution < 1.29 is 9.47 Å². The molecule has 1 N–H and O–H groups in total. The smallest absolute Gasteiger partial charge is 0.161 e. The monoisotopic (exact) mass is 426 g/mol. The summed E-state index contributed by atoms with van der Waals surface area (Å²) in [4.78, 5) is 9.03. The van der Waals surface area contributed by atoms with Gasteiger partial charge in [-0.1, -0.05) is 28.1 Å². The minimum Gasteiger partial charge on any atom is -0.497 e. The quantitative estimate of drug-likeness (QED) is 0.457. The van der Waals surface area contributed by atoms with E-state index in [-0.39, 0.29) is 0 Å². The molecule has 1 aromatic heterocycles. The second-order valence-electron chi connectivity index (χ2n) is 5.70. The number of hydrogen-bond donors (Lipinski definition) is 1. The molecule has 0 fully saturated rings. The number of aromatic nitrogens is 2. The zero-order valence-electron chi connectivity index (χ0n) is 15.2. The van der Waals surface area contributed by atoms with Crippen molar-refractivity contribution in [1.29, 1.82) is 0 Å². The van der Waals surface area contributed by atoms with Crippen LogP contribution in [0.4, 0.5) is 5.82 Å². The molecule has 0 aliphatic carbocycles. The van der Waals surface area contributed by atoms with Crippen molar-refractivity contribution in [2.75, 3.05) is 19.6 Å². The molecule has 138 valence electrons. The van der Waals surface area contributed by atoms with Crippen molar-refractivity contribution in [2.24, 2.45) is 5.10 Å². The van der Waals surface area contributed by atoms with E-state index in [4.69, 9.17) is 9.47 Å². The maximum atomic E-state index is 5.37. The molecule has 0 atom stereocenters. The number of hydrogen-bond acceptors (Lipinski definition) is 6. The maximum absolute atomic E-state index is 5.37. The van der Waals surface area contributed by atoms with E-state index in [2.05, 4.69) is 36.4 Å². The van der Waals surface area contributed by atoms with Gasteiger partial charge in [0.2, 0.25) is 0 Å². The van der Waals surface area contributed by atoms with E-state index in [9.17, 15) is 0 Å². The largest absolute Gasteiger partial charge is 0.497 e. The van der Waals surface area contributed by atoms with Crippen LogP contribution in [0, 0.1) is 6.92 Å². The normalized spacial score (nSPS) is 10.8. The van der Waals surface area contributed by atoms with Crippen LogP contribution in [0.25, 0.3) is 11.4 Å². The first-order valence-electron chi connectivity index (χ1n) is 8.22. The van der Waals surface area contributed by atoms with Crippen LogP contribution in [0.2, 0.25) is 0 Å². The molecule has 27 heavy (non-hydrogen) atoms. The highest BCUT2D eigenvalue weighted by atomic mass is 79.9. The first-order valence-corrected chi connectivity index (χ1v) is 9.01. The summed E-state index contributed by atoms with van der Waals surface area (Å²) in [5, 5.41) is 4.27. The Morgan fingerprint density at radius 3 is 2.48 bits per heavy atom. The number of benzene rings is 2. The van der Waals surface area contributed by atoms with Crippen molar-refractivity contribution >= 4 is 28.0 Å². The van der Waals surface area contributed by atoms with Crippen LogP contribution < -0.4 is 14.9 Å². The molecule has 0 amide bonds. The average molecular weight is 427 g/mol. The number of aryl methyl sites for hydroxylation is 1. The van der Waals surface area contributed by atoms with Crippen molar-refractivity contribution in [1.82, 2.24) is 9.97 Å². The minimum absolute atomic E-state index is 0.615. The lowest BCUT2D eigenvalue weighted by atomic mass is 10.2. The van der Waals surface area contributed by atoms with Gasteiger partial charge in [0, 0.05) is 33.4 Å². The fourth-order valence-corrected chi connectivity index (χ4v) is 2.71. The van der Waals surface area contributed by atoms with Gasteiger partial charge in [-0.05, 0) is 31.2 Å². The van der Waals surface area contributed by atoms with Gasteiger partial charge < -0.3 is 9.47 Å². The molecule has 0 radical (unpaired) electrons. The molecule has 3 aromatic rings. The van der Waals surface area contributed by atoms with Crippen molar-refractivity contribution in [3.8, 4) is 22.9 Å². The highest BCUT2D eigenvalue weighted by Crippen LogP contribution is 2.23. The predicted molar refractivity (Wildman–Crippen MR) is 111 cm³/mol. The number of anilines is 1. The Morgan fingerprint density at radius 1 is 1.00 bits per heavy atom. The van der Waals surface area contributed by atoms with Gasteiger partial charge >= 0.3 is 0 Å². The molecule has 3 rings (SSSR count). The molecule has 0 saturated heterocycles. The van der Waals surface area contributed by atoms with Gasteiger partial charge in [-0.15, -0.1) is 0 Å². The third-order valence-electron chi connectivity index (χ3n) is 3.78. The molecule has 0 aliphatic heterocycles. The van der Waals surface area contributed by atoms with Gasteiger partial charge in [-0.3, -0.25) is 5.43 Å². The Labute approximate surface area is 166 Å². The van der Waals surface area contributed by atoms with Gasteiger partial charge in [0.15, 0.2) is 11.6 Å². The van der Waals surface area contributed by atoms with Crippen LogP contribution in [-0.4, -0.2) is 30.4 Å². The van der Waals surface area contributed by atoms with E-state index in [0.29, 0.717) is 17.4 Å². The average Bonchev–Trinajstić information content (AvgIpc) is 2.68. The molecule has 0 spiro atoms. The van der Waals surface area contributed by atoms with E-state index in [1.54, 1.807) is 20.4 Å². The fraction of sp³-hybridized carbons (Fsp3) is 0.150. The van der Waals surface area contributed by atoms with E-state index in [1.807, 2.05) is 55.5 Å². The van der Waals surface area contributed by atoms with Crippen LogP contribution >= 0.6 is 15.9 Å². The number of rotatable bonds is 6. The lowest BCUT2D eigenvalue weighted by Gasteiger charge is -2.08. The van der Waals surface area contributed by atoms with E-state index in [1.165, 1.54) is 0 Å². The SMILES string of the molecule is COc1ccc(C=NNc2cc(C)nc(-c3ccc(Br)cc3)n2)c(OC)c1. The van der Waals surface area contributed by atoms with Crippen molar-refractivity contribution in [2.45, 2.75) is 6.92 Å². The second kappa shape index (κ2) is 8.64. The molecule has 0 aliphatic rings. The number of nitrogens with one attached hydrogen (secondary N) is 1. The number of halogens is 1. The molecular formula is C20H19BrN4O2. The summed E-state index contributed by atoms with van der Waals surface area (Å²) in [5.74, 6) is 2.66. The summed E-state index contributed by atoms with van der Waals surface area (Å²) < 4.78 is 11.6. The molecular weight excluding hydrogens is 408 g/mol. The summed E-state index contributed by atoms with van der Waals surface area (Å²) in [6.45, 7) is 1.92. The molecule has 6 nitrogen and oxygen atoms in total. The third-order valence-corrected chi connectivity index (χ3v) is 4.31. The zero-order valence-corrected chi connectivity index (χ0v) is 16.8. The van der Waals surface area contributed by atoms with Crippen LogP contribution in [0.1, 0.15) is 11.3 Å². The third kappa shape index (κ3) is 4.83. The molecule has 0 saturated carbocycles. The van der Waals surface area contributed by atoms with Crippen LogP contribution in [0.3, 0.4) is 0 Å². The van der Waals surface area contributed by atoms with Gasteiger partial charge in [0.05, 0.1) is 20.4 Å². The Bertz CT molecular complexity index is 959. The highest BCUT2D eigenvalue weighted by Gasteiger charge is 2.06. The first-order chi connectivity index (χ1) is 13.1. The molecule has 0 bridgehead atoms. The first kappa shape index (κ1) is 18.8.